The third-order valence-corrected chi connectivity index (χ3v) is 3.20. The summed E-state index contributed by atoms with van der Waals surface area (Å²) in [6.07, 6.45) is 2.75. The van der Waals surface area contributed by atoms with Crippen LogP contribution in [0.1, 0.15) is 33.1 Å². The molecule has 1 heterocycles. The summed E-state index contributed by atoms with van der Waals surface area (Å²) < 4.78 is 5.15. The van der Waals surface area contributed by atoms with E-state index in [4.69, 9.17) is 4.74 Å². The van der Waals surface area contributed by atoms with E-state index in [1.54, 1.807) is 0 Å². The van der Waals surface area contributed by atoms with E-state index in [2.05, 4.69) is 17.6 Å². The van der Waals surface area contributed by atoms with Gasteiger partial charge in [0.1, 0.15) is 0 Å². The molecule has 1 rings (SSSR count). The van der Waals surface area contributed by atoms with Crippen LogP contribution < -0.4 is 10.6 Å². The van der Waals surface area contributed by atoms with Crippen LogP contribution >= 0.6 is 12.4 Å². The lowest BCUT2D eigenvalue weighted by Gasteiger charge is -2.34. The lowest BCUT2D eigenvalue weighted by molar-refractivity contribution is -0.122. The van der Waals surface area contributed by atoms with Crippen molar-refractivity contribution in [3.05, 3.63) is 0 Å². The molecule has 0 spiro atoms. The summed E-state index contributed by atoms with van der Waals surface area (Å²) >= 11 is 0. The number of nitrogens with one attached hydrogen (secondary N) is 2. The average Bonchev–Trinajstić information content (AvgIpc) is 2.28. The molecule has 1 aliphatic heterocycles. The van der Waals surface area contributed by atoms with E-state index in [0.717, 1.165) is 32.5 Å². The second-order valence-corrected chi connectivity index (χ2v) is 4.78. The second kappa shape index (κ2) is 8.72. The Kier molecular flexibility index (Phi) is 8.56. The standard InChI is InChI=1S/C12H24N2O2.ClH/c1-3-16-9-4-11(15)14-10-12(2)5-7-13-8-6-12;/h13H,3-10H2,1-2H3,(H,14,15);1H. The Morgan fingerprint density at radius 2 is 2.06 bits per heavy atom. The van der Waals surface area contributed by atoms with Gasteiger partial charge in [-0.2, -0.15) is 0 Å². The molecule has 102 valence electrons. The molecule has 0 aromatic heterocycles. The van der Waals surface area contributed by atoms with Gasteiger partial charge in [0, 0.05) is 19.6 Å². The molecule has 5 heteroatoms. The number of rotatable bonds is 6. The monoisotopic (exact) mass is 264 g/mol. The van der Waals surface area contributed by atoms with E-state index in [1.165, 1.54) is 0 Å². The third kappa shape index (κ3) is 6.86. The number of hydrogen-bond acceptors (Lipinski definition) is 3. The third-order valence-electron chi connectivity index (χ3n) is 3.20. The highest BCUT2D eigenvalue weighted by molar-refractivity contribution is 5.85. The molecule has 4 nitrogen and oxygen atoms in total. The van der Waals surface area contributed by atoms with E-state index < -0.39 is 0 Å². The predicted molar refractivity (Wildman–Crippen MR) is 71.6 cm³/mol. The zero-order valence-electron chi connectivity index (χ0n) is 10.9. The van der Waals surface area contributed by atoms with E-state index in [9.17, 15) is 4.79 Å². The van der Waals surface area contributed by atoms with Crippen LogP contribution in [-0.2, 0) is 9.53 Å². The lowest BCUT2D eigenvalue weighted by atomic mass is 9.81. The van der Waals surface area contributed by atoms with Crippen molar-refractivity contribution < 1.29 is 9.53 Å². The SMILES string of the molecule is CCOCCC(=O)NCC1(C)CCNCC1.Cl. The van der Waals surface area contributed by atoms with Gasteiger partial charge < -0.3 is 15.4 Å². The first-order valence-electron chi connectivity index (χ1n) is 6.21. The van der Waals surface area contributed by atoms with Crippen molar-refractivity contribution in [2.75, 3.05) is 32.8 Å². The smallest absolute Gasteiger partial charge is 0.222 e. The maximum absolute atomic E-state index is 11.5. The second-order valence-electron chi connectivity index (χ2n) is 4.78. The zero-order chi connectivity index (χ0) is 11.9. The molecular formula is C12H25ClN2O2. The van der Waals surface area contributed by atoms with Crippen molar-refractivity contribution in [2.45, 2.75) is 33.1 Å². The molecule has 1 amide bonds. The van der Waals surface area contributed by atoms with Gasteiger partial charge in [0.15, 0.2) is 0 Å². The van der Waals surface area contributed by atoms with Gasteiger partial charge in [-0.05, 0) is 38.3 Å². The molecule has 1 saturated heterocycles. The van der Waals surface area contributed by atoms with Crippen LogP contribution in [0.25, 0.3) is 0 Å². The highest BCUT2D eigenvalue weighted by atomic mass is 35.5. The number of hydrogen-bond donors (Lipinski definition) is 2. The topological polar surface area (TPSA) is 50.4 Å². The average molecular weight is 265 g/mol. The van der Waals surface area contributed by atoms with Gasteiger partial charge in [0.25, 0.3) is 0 Å². The molecule has 1 fully saturated rings. The molecule has 0 aromatic rings. The first-order chi connectivity index (χ1) is 7.66. The summed E-state index contributed by atoms with van der Waals surface area (Å²) in [5, 5.41) is 6.34. The molecule has 0 radical (unpaired) electrons. The fourth-order valence-corrected chi connectivity index (χ4v) is 1.92. The first kappa shape index (κ1) is 16.7. The van der Waals surface area contributed by atoms with E-state index in [-0.39, 0.29) is 23.7 Å². The maximum atomic E-state index is 11.5. The van der Waals surface area contributed by atoms with E-state index in [0.29, 0.717) is 19.6 Å². The van der Waals surface area contributed by atoms with Crippen molar-refractivity contribution >= 4 is 18.3 Å². The first-order valence-corrected chi connectivity index (χ1v) is 6.21. The van der Waals surface area contributed by atoms with E-state index >= 15 is 0 Å². The molecule has 0 atom stereocenters. The molecule has 0 aliphatic carbocycles. The van der Waals surface area contributed by atoms with Crippen molar-refractivity contribution in [3.63, 3.8) is 0 Å². The Morgan fingerprint density at radius 1 is 1.41 bits per heavy atom. The minimum Gasteiger partial charge on any atom is -0.381 e. The van der Waals surface area contributed by atoms with Crippen molar-refractivity contribution in [1.29, 1.82) is 0 Å². The Labute approximate surface area is 110 Å². The largest absolute Gasteiger partial charge is 0.381 e. The van der Waals surface area contributed by atoms with Crippen LogP contribution in [-0.4, -0.2) is 38.8 Å². The fourth-order valence-electron chi connectivity index (χ4n) is 1.92. The highest BCUT2D eigenvalue weighted by Gasteiger charge is 2.26. The molecular weight excluding hydrogens is 240 g/mol. The maximum Gasteiger partial charge on any atom is 0.222 e. The summed E-state index contributed by atoms with van der Waals surface area (Å²) in [5.41, 5.74) is 0.270. The normalized spacial score (nSPS) is 18.2. The van der Waals surface area contributed by atoms with Crippen molar-refractivity contribution in [2.24, 2.45) is 5.41 Å². The Bertz CT molecular complexity index is 219. The minimum atomic E-state index is 0. The summed E-state index contributed by atoms with van der Waals surface area (Å²) in [4.78, 5) is 11.5. The van der Waals surface area contributed by atoms with Gasteiger partial charge in [-0.1, -0.05) is 6.92 Å². The van der Waals surface area contributed by atoms with Crippen LogP contribution in [0.3, 0.4) is 0 Å². The van der Waals surface area contributed by atoms with Gasteiger partial charge >= 0.3 is 0 Å². The van der Waals surface area contributed by atoms with Crippen LogP contribution in [0.15, 0.2) is 0 Å². The molecule has 0 bridgehead atoms. The van der Waals surface area contributed by atoms with Gasteiger partial charge in [-0.15, -0.1) is 12.4 Å². The number of carbonyl (C=O) groups excluding carboxylic acids is 1. The zero-order valence-corrected chi connectivity index (χ0v) is 11.7. The van der Waals surface area contributed by atoms with Crippen LogP contribution in [0.5, 0.6) is 0 Å². The minimum absolute atomic E-state index is 0. The van der Waals surface area contributed by atoms with Gasteiger partial charge in [-0.3, -0.25) is 4.79 Å². The molecule has 2 N–H and O–H groups in total. The number of piperidine rings is 1. The Hall–Kier alpha value is -0.320. The van der Waals surface area contributed by atoms with Crippen LogP contribution in [0.2, 0.25) is 0 Å². The fraction of sp³-hybridized carbons (Fsp3) is 0.917. The van der Waals surface area contributed by atoms with Crippen LogP contribution in [0, 0.1) is 5.41 Å². The number of ether oxygens (including phenoxy) is 1. The Balaban J connectivity index is 0.00000256. The highest BCUT2D eigenvalue weighted by Crippen LogP contribution is 2.26. The quantitative estimate of drug-likeness (QED) is 0.712. The van der Waals surface area contributed by atoms with Crippen molar-refractivity contribution in [3.8, 4) is 0 Å². The number of carbonyl (C=O) groups is 1. The van der Waals surface area contributed by atoms with E-state index in [1.807, 2.05) is 6.92 Å². The lowest BCUT2D eigenvalue weighted by Crippen LogP contribution is -2.43. The molecule has 17 heavy (non-hydrogen) atoms. The van der Waals surface area contributed by atoms with Gasteiger partial charge in [0.2, 0.25) is 5.91 Å². The van der Waals surface area contributed by atoms with Gasteiger partial charge in [0.05, 0.1) is 6.61 Å². The summed E-state index contributed by atoms with van der Waals surface area (Å²) in [6, 6.07) is 0. The Morgan fingerprint density at radius 3 is 2.65 bits per heavy atom. The molecule has 0 aromatic carbocycles. The summed E-state index contributed by atoms with van der Waals surface area (Å²) in [7, 11) is 0. The molecule has 0 saturated carbocycles. The predicted octanol–water partition coefficient (Wildman–Crippen LogP) is 1.34. The summed E-state index contributed by atoms with van der Waals surface area (Å²) in [6.45, 7) is 8.30. The van der Waals surface area contributed by atoms with Crippen LogP contribution in [0.4, 0.5) is 0 Å². The van der Waals surface area contributed by atoms with Crippen molar-refractivity contribution in [1.82, 2.24) is 10.6 Å². The number of halogens is 1. The van der Waals surface area contributed by atoms with Gasteiger partial charge in [-0.25, -0.2) is 0 Å². The summed E-state index contributed by atoms with van der Waals surface area (Å²) in [5.74, 6) is 0.105. The number of amides is 1. The molecule has 1 aliphatic rings. The molecule has 0 unspecified atom stereocenters.